The van der Waals surface area contributed by atoms with E-state index in [2.05, 4.69) is 31.0 Å². The second-order valence-corrected chi connectivity index (χ2v) is 4.60. The van der Waals surface area contributed by atoms with Crippen LogP contribution in [0.2, 0.25) is 0 Å². The van der Waals surface area contributed by atoms with E-state index >= 15 is 0 Å². The summed E-state index contributed by atoms with van der Waals surface area (Å²) >= 11 is 0. The molecule has 14 heavy (non-hydrogen) atoms. The Hall–Kier alpha value is -0.0800. The van der Waals surface area contributed by atoms with E-state index in [-0.39, 0.29) is 0 Å². The fourth-order valence-electron chi connectivity index (χ4n) is 2.38. The Morgan fingerprint density at radius 1 is 1.43 bits per heavy atom. The average Bonchev–Trinajstić information content (AvgIpc) is 2.63. The molecule has 2 nitrogen and oxygen atoms in total. The van der Waals surface area contributed by atoms with Crippen LogP contribution >= 0.6 is 0 Å². The Morgan fingerprint density at radius 2 is 2.21 bits per heavy atom. The molecule has 1 fully saturated rings. The van der Waals surface area contributed by atoms with Crippen molar-refractivity contribution in [3.63, 3.8) is 0 Å². The van der Waals surface area contributed by atoms with Crippen molar-refractivity contribution in [3.05, 3.63) is 0 Å². The fraction of sp³-hybridized carbons (Fsp3) is 1.00. The first-order valence-electron chi connectivity index (χ1n) is 6.22. The molecule has 1 heterocycles. The number of nitrogens with zero attached hydrogens (tertiary/aromatic N) is 1. The molecule has 0 aromatic rings. The normalized spacial score (nSPS) is 25.5. The molecular formula is C12H26N2. The SMILES string of the molecule is CCCC(C)N1CCC(CNCC)C1. The lowest BCUT2D eigenvalue weighted by molar-refractivity contribution is 0.236. The molecule has 84 valence electrons. The topological polar surface area (TPSA) is 15.3 Å². The number of nitrogens with one attached hydrogen (secondary N) is 1. The summed E-state index contributed by atoms with van der Waals surface area (Å²) < 4.78 is 0. The largest absolute Gasteiger partial charge is 0.317 e. The van der Waals surface area contributed by atoms with E-state index in [1.54, 1.807) is 0 Å². The summed E-state index contributed by atoms with van der Waals surface area (Å²) in [6, 6.07) is 0.798. The summed E-state index contributed by atoms with van der Waals surface area (Å²) in [5.41, 5.74) is 0. The molecule has 0 aliphatic carbocycles. The second-order valence-electron chi connectivity index (χ2n) is 4.60. The van der Waals surface area contributed by atoms with Gasteiger partial charge in [0.25, 0.3) is 0 Å². The molecule has 1 rings (SSSR count). The van der Waals surface area contributed by atoms with Crippen molar-refractivity contribution in [1.29, 1.82) is 0 Å². The molecule has 2 unspecified atom stereocenters. The summed E-state index contributed by atoms with van der Waals surface area (Å²) in [7, 11) is 0. The highest BCUT2D eigenvalue weighted by Gasteiger charge is 2.24. The molecule has 0 saturated carbocycles. The van der Waals surface area contributed by atoms with Crippen molar-refractivity contribution in [2.75, 3.05) is 26.2 Å². The van der Waals surface area contributed by atoms with Crippen LogP contribution in [-0.4, -0.2) is 37.1 Å². The Labute approximate surface area is 89.1 Å². The van der Waals surface area contributed by atoms with E-state index in [9.17, 15) is 0 Å². The van der Waals surface area contributed by atoms with Gasteiger partial charge in [-0.15, -0.1) is 0 Å². The molecule has 0 radical (unpaired) electrons. The highest BCUT2D eigenvalue weighted by Crippen LogP contribution is 2.19. The van der Waals surface area contributed by atoms with Crippen LogP contribution in [0, 0.1) is 5.92 Å². The van der Waals surface area contributed by atoms with Crippen LogP contribution < -0.4 is 5.32 Å². The molecule has 0 spiro atoms. The molecule has 0 aromatic carbocycles. The third-order valence-corrected chi connectivity index (χ3v) is 3.33. The van der Waals surface area contributed by atoms with Gasteiger partial charge in [-0.1, -0.05) is 20.3 Å². The fourth-order valence-corrected chi connectivity index (χ4v) is 2.38. The second kappa shape index (κ2) is 6.41. The first kappa shape index (κ1) is 12.0. The van der Waals surface area contributed by atoms with Gasteiger partial charge in [0.2, 0.25) is 0 Å². The minimum absolute atomic E-state index is 0.798. The first-order chi connectivity index (χ1) is 6.77. The zero-order chi connectivity index (χ0) is 10.4. The van der Waals surface area contributed by atoms with Crippen LogP contribution in [0.1, 0.15) is 40.0 Å². The first-order valence-corrected chi connectivity index (χ1v) is 6.22. The highest BCUT2D eigenvalue weighted by molar-refractivity contribution is 4.80. The van der Waals surface area contributed by atoms with Crippen LogP contribution in [0.25, 0.3) is 0 Å². The highest BCUT2D eigenvalue weighted by atomic mass is 15.2. The van der Waals surface area contributed by atoms with Gasteiger partial charge in [-0.3, -0.25) is 0 Å². The predicted molar refractivity (Wildman–Crippen MR) is 62.6 cm³/mol. The van der Waals surface area contributed by atoms with Crippen LogP contribution in [0.3, 0.4) is 0 Å². The monoisotopic (exact) mass is 198 g/mol. The van der Waals surface area contributed by atoms with Gasteiger partial charge in [0.15, 0.2) is 0 Å². The van der Waals surface area contributed by atoms with E-state index in [1.165, 1.54) is 38.9 Å². The summed E-state index contributed by atoms with van der Waals surface area (Å²) in [4.78, 5) is 2.66. The Morgan fingerprint density at radius 3 is 2.86 bits per heavy atom. The lowest BCUT2D eigenvalue weighted by atomic mass is 10.1. The molecule has 0 amide bonds. The van der Waals surface area contributed by atoms with E-state index in [0.29, 0.717) is 0 Å². The maximum absolute atomic E-state index is 3.46. The van der Waals surface area contributed by atoms with E-state index in [4.69, 9.17) is 0 Å². The van der Waals surface area contributed by atoms with Crippen molar-refractivity contribution in [2.45, 2.75) is 46.1 Å². The van der Waals surface area contributed by atoms with Crippen LogP contribution in [0.4, 0.5) is 0 Å². The van der Waals surface area contributed by atoms with Gasteiger partial charge in [-0.25, -0.2) is 0 Å². The molecule has 1 saturated heterocycles. The minimum Gasteiger partial charge on any atom is -0.317 e. The molecule has 1 N–H and O–H groups in total. The summed E-state index contributed by atoms with van der Waals surface area (Å²) in [5.74, 6) is 0.897. The van der Waals surface area contributed by atoms with E-state index in [1.807, 2.05) is 0 Å². The Bertz CT molecular complexity index is 147. The molecule has 2 heteroatoms. The molecule has 2 atom stereocenters. The third kappa shape index (κ3) is 3.58. The third-order valence-electron chi connectivity index (χ3n) is 3.33. The number of hydrogen-bond acceptors (Lipinski definition) is 2. The molecule has 0 aromatic heterocycles. The molecule has 0 bridgehead atoms. The summed E-state index contributed by atoms with van der Waals surface area (Å²) in [6.07, 6.45) is 4.06. The lowest BCUT2D eigenvalue weighted by Gasteiger charge is -2.23. The maximum atomic E-state index is 3.46. The zero-order valence-corrected chi connectivity index (χ0v) is 10.1. The van der Waals surface area contributed by atoms with Gasteiger partial charge < -0.3 is 10.2 Å². The van der Waals surface area contributed by atoms with Crippen molar-refractivity contribution in [3.8, 4) is 0 Å². The van der Waals surface area contributed by atoms with Gasteiger partial charge in [0.1, 0.15) is 0 Å². The number of likely N-dealkylation sites (tertiary alicyclic amines) is 1. The zero-order valence-electron chi connectivity index (χ0n) is 10.1. The molecule has 1 aliphatic heterocycles. The average molecular weight is 198 g/mol. The van der Waals surface area contributed by atoms with Crippen LogP contribution in [-0.2, 0) is 0 Å². The van der Waals surface area contributed by atoms with E-state index in [0.717, 1.165) is 18.5 Å². The van der Waals surface area contributed by atoms with Gasteiger partial charge >= 0.3 is 0 Å². The van der Waals surface area contributed by atoms with Gasteiger partial charge in [0, 0.05) is 12.6 Å². The molecule has 1 aliphatic rings. The van der Waals surface area contributed by atoms with Crippen molar-refractivity contribution in [2.24, 2.45) is 5.92 Å². The van der Waals surface area contributed by atoms with Crippen molar-refractivity contribution in [1.82, 2.24) is 10.2 Å². The molecular weight excluding hydrogens is 172 g/mol. The van der Waals surface area contributed by atoms with Crippen LogP contribution in [0.5, 0.6) is 0 Å². The number of hydrogen-bond donors (Lipinski definition) is 1. The smallest absolute Gasteiger partial charge is 0.00669 e. The minimum atomic E-state index is 0.798. The van der Waals surface area contributed by atoms with Crippen molar-refractivity contribution >= 4 is 0 Å². The lowest BCUT2D eigenvalue weighted by Crippen LogP contribution is -2.32. The standard InChI is InChI=1S/C12H26N2/c1-4-6-11(3)14-8-7-12(10-14)9-13-5-2/h11-13H,4-10H2,1-3H3. The van der Waals surface area contributed by atoms with Gasteiger partial charge in [-0.05, 0) is 45.3 Å². The summed E-state index contributed by atoms with van der Waals surface area (Å²) in [6.45, 7) is 11.8. The Balaban J connectivity index is 2.19. The van der Waals surface area contributed by atoms with Gasteiger partial charge in [0.05, 0.1) is 0 Å². The van der Waals surface area contributed by atoms with Gasteiger partial charge in [-0.2, -0.15) is 0 Å². The van der Waals surface area contributed by atoms with Crippen LogP contribution in [0.15, 0.2) is 0 Å². The maximum Gasteiger partial charge on any atom is 0.00669 e. The predicted octanol–water partition coefficient (Wildman–Crippen LogP) is 2.11. The number of rotatable bonds is 6. The quantitative estimate of drug-likeness (QED) is 0.703. The van der Waals surface area contributed by atoms with Crippen molar-refractivity contribution < 1.29 is 0 Å². The van der Waals surface area contributed by atoms with E-state index < -0.39 is 0 Å². The summed E-state index contributed by atoms with van der Waals surface area (Å²) in [5, 5.41) is 3.46. The Kier molecular flexibility index (Phi) is 5.49.